The molecule has 1 atom stereocenters. The van der Waals surface area contributed by atoms with Gasteiger partial charge < -0.3 is 10.2 Å². The summed E-state index contributed by atoms with van der Waals surface area (Å²) in [5, 5.41) is 0. The van der Waals surface area contributed by atoms with E-state index < -0.39 is 0 Å². The van der Waals surface area contributed by atoms with Gasteiger partial charge in [0.1, 0.15) is 11.5 Å². The van der Waals surface area contributed by atoms with Crippen LogP contribution < -0.4 is 5.73 Å². The highest BCUT2D eigenvalue weighted by Crippen LogP contribution is 2.25. The lowest BCUT2D eigenvalue weighted by Crippen LogP contribution is -2.27. The second kappa shape index (κ2) is 5.51. The summed E-state index contributed by atoms with van der Waals surface area (Å²) in [6, 6.07) is 4.44. The number of nitrogens with two attached hydrogens (primary N) is 1. The standard InChI is InChI=1S/C13H22N2O/c1-11(13-7-6-12(10-14)16-13)15-8-4-2-3-5-9-15/h6-7,11H,2-5,8-10,14H2,1H3. The van der Waals surface area contributed by atoms with Gasteiger partial charge in [-0.15, -0.1) is 0 Å². The van der Waals surface area contributed by atoms with Crippen molar-refractivity contribution in [3.05, 3.63) is 23.7 Å². The average Bonchev–Trinajstić information content (AvgIpc) is 2.62. The predicted molar refractivity (Wildman–Crippen MR) is 65.1 cm³/mol. The van der Waals surface area contributed by atoms with Crippen LogP contribution in [0.3, 0.4) is 0 Å². The van der Waals surface area contributed by atoms with Gasteiger partial charge in [-0.2, -0.15) is 0 Å². The monoisotopic (exact) mass is 222 g/mol. The molecule has 0 amide bonds. The molecule has 1 fully saturated rings. The number of nitrogens with zero attached hydrogens (tertiary/aromatic N) is 1. The minimum Gasteiger partial charge on any atom is -0.463 e. The van der Waals surface area contributed by atoms with E-state index in [0.717, 1.165) is 11.5 Å². The summed E-state index contributed by atoms with van der Waals surface area (Å²) in [4.78, 5) is 2.52. The van der Waals surface area contributed by atoms with Gasteiger partial charge in [0.2, 0.25) is 0 Å². The van der Waals surface area contributed by atoms with Crippen LogP contribution in [0.4, 0.5) is 0 Å². The van der Waals surface area contributed by atoms with Crippen LogP contribution in [0.1, 0.15) is 50.2 Å². The van der Waals surface area contributed by atoms with Crippen molar-refractivity contribution in [2.45, 2.75) is 45.2 Å². The first kappa shape index (κ1) is 11.7. The minimum atomic E-state index is 0.387. The van der Waals surface area contributed by atoms with E-state index in [2.05, 4.69) is 17.9 Å². The average molecular weight is 222 g/mol. The lowest BCUT2D eigenvalue weighted by Gasteiger charge is -2.25. The summed E-state index contributed by atoms with van der Waals surface area (Å²) in [5.74, 6) is 1.94. The van der Waals surface area contributed by atoms with Crippen molar-refractivity contribution >= 4 is 0 Å². The van der Waals surface area contributed by atoms with Crippen LogP contribution >= 0.6 is 0 Å². The predicted octanol–water partition coefficient (Wildman–Crippen LogP) is 2.68. The van der Waals surface area contributed by atoms with Crippen LogP contribution in [-0.4, -0.2) is 18.0 Å². The summed E-state index contributed by atoms with van der Waals surface area (Å²) >= 11 is 0. The van der Waals surface area contributed by atoms with E-state index in [1.807, 2.05) is 6.07 Å². The number of furan rings is 1. The third kappa shape index (κ3) is 2.66. The largest absolute Gasteiger partial charge is 0.463 e. The van der Waals surface area contributed by atoms with Crippen molar-refractivity contribution in [1.82, 2.24) is 4.90 Å². The molecule has 0 bridgehead atoms. The molecule has 0 aromatic carbocycles. The van der Waals surface area contributed by atoms with E-state index in [1.54, 1.807) is 0 Å². The number of hydrogen-bond donors (Lipinski definition) is 1. The third-order valence-electron chi connectivity index (χ3n) is 3.48. The Morgan fingerprint density at radius 2 is 1.94 bits per heavy atom. The van der Waals surface area contributed by atoms with Crippen molar-refractivity contribution in [2.75, 3.05) is 13.1 Å². The van der Waals surface area contributed by atoms with Crippen LogP contribution in [0.2, 0.25) is 0 Å². The van der Waals surface area contributed by atoms with Gasteiger partial charge in [-0.3, -0.25) is 4.90 Å². The van der Waals surface area contributed by atoms with Crippen LogP contribution in [0.5, 0.6) is 0 Å². The van der Waals surface area contributed by atoms with Crippen molar-refractivity contribution < 1.29 is 4.42 Å². The minimum absolute atomic E-state index is 0.387. The molecular weight excluding hydrogens is 200 g/mol. The van der Waals surface area contributed by atoms with Gasteiger partial charge in [-0.25, -0.2) is 0 Å². The maximum atomic E-state index is 5.72. The van der Waals surface area contributed by atoms with Crippen molar-refractivity contribution in [1.29, 1.82) is 0 Å². The summed E-state index contributed by atoms with van der Waals surface area (Å²) < 4.78 is 5.72. The van der Waals surface area contributed by atoms with Gasteiger partial charge in [-0.05, 0) is 45.0 Å². The Kier molecular flexibility index (Phi) is 4.02. The van der Waals surface area contributed by atoms with Gasteiger partial charge >= 0.3 is 0 Å². The van der Waals surface area contributed by atoms with E-state index in [-0.39, 0.29) is 0 Å². The van der Waals surface area contributed by atoms with E-state index in [9.17, 15) is 0 Å². The molecule has 0 aliphatic carbocycles. The van der Waals surface area contributed by atoms with E-state index in [0.29, 0.717) is 12.6 Å². The van der Waals surface area contributed by atoms with Gasteiger partial charge in [0, 0.05) is 0 Å². The smallest absolute Gasteiger partial charge is 0.121 e. The van der Waals surface area contributed by atoms with Crippen LogP contribution in [0.25, 0.3) is 0 Å². The molecule has 1 aliphatic heterocycles. The summed E-state index contributed by atoms with van der Waals surface area (Å²) in [7, 11) is 0. The van der Waals surface area contributed by atoms with Gasteiger partial charge in [0.05, 0.1) is 12.6 Å². The zero-order chi connectivity index (χ0) is 11.4. The Morgan fingerprint density at radius 1 is 1.25 bits per heavy atom. The Morgan fingerprint density at radius 3 is 2.50 bits per heavy atom. The Balaban J connectivity index is 2.01. The molecule has 90 valence electrons. The van der Waals surface area contributed by atoms with E-state index in [4.69, 9.17) is 10.2 Å². The van der Waals surface area contributed by atoms with Gasteiger partial charge in [0.25, 0.3) is 0 Å². The topological polar surface area (TPSA) is 42.4 Å². The molecule has 1 aromatic heterocycles. The maximum Gasteiger partial charge on any atom is 0.121 e. The highest BCUT2D eigenvalue weighted by molar-refractivity contribution is 5.10. The Labute approximate surface area is 97.6 Å². The summed E-state index contributed by atoms with van der Waals surface area (Å²) in [6.07, 6.45) is 5.37. The molecule has 3 heteroatoms. The molecule has 1 aliphatic rings. The first-order chi connectivity index (χ1) is 7.81. The fraction of sp³-hybridized carbons (Fsp3) is 0.692. The normalized spacial score (nSPS) is 20.6. The quantitative estimate of drug-likeness (QED) is 0.855. The highest BCUT2D eigenvalue weighted by Gasteiger charge is 2.19. The van der Waals surface area contributed by atoms with Crippen molar-refractivity contribution in [3.8, 4) is 0 Å². The number of hydrogen-bond acceptors (Lipinski definition) is 3. The molecule has 0 radical (unpaired) electrons. The molecular formula is C13H22N2O. The molecule has 0 saturated carbocycles. The van der Waals surface area contributed by atoms with E-state index in [1.165, 1.54) is 38.8 Å². The Hall–Kier alpha value is -0.800. The SMILES string of the molecule is CC(c1ccc(CN)o1)N1CCCCCC1. The molecule has 2 N–H and O–H groups in total. The molecule has 1 aromatic rings. The van der Waals surface area contributed by atoms with Crippen LogP contribution in [0.15, 0.2) is 16.5 Å². The second-order valence-electron chi connectivity index (χ2n) is 4.63. The molecule has 0 spiro atoms. The van der Waals surface area contributed by atoms with E-state index >= 15 is 0 Å². The molecule has 2 rings (SSSR count). The van der Waals surface area contributed by atoms with Crippen LogP contribution in [0, 0.1) is 0 Å². The Bertz CT molecular complexity index is 313. The summed E-state index contributed by atoms with van der Waals surface area (Å²) in [6.45, 7) is 5.11. The lowest BCUT2D eigenvalue weighted by molar-refractivity contribution is 0.193. The highest BCUT2D eigenvalue weighted by atomic mass is 16.3. The van der Waals surface area contributed by atoms with Gasteiger partial charge in [-0.1, -0.05) is 12.8 Å². The van der Waals surface area contributed by atoms with Crippen molar-refractivity contribution in [2.24, 2.45) is 5.73 Å². The molecule has 1 unspecified atom stereocenters. The lowest BCUT2D eigenvalue weighted by atomic mass is 10.2. The fourth-order valence-electron chi connectivity index (χ4n) is 2.39. The molecule has 2 heterocycles. The van der Waals surface area contributed by atoms with Crippen LogP contribution in [-0.2, 0) is 6.54 Å². The van der Waals surface area contributed by atoms with Gasteiger partial charge in [0.15, 0.2) is 0 Å². The third-order valence-corrected chi connectivity index (χ3v) is 3.48. The molecule has 1 saturated heterocycles. The zero-order valence-corrected chi connectivity index (χ0v) is 10.1. The fourth-order valence-corrected chi connectivity index (χ4v) is 2.39. The molecule has 16 heavy (non-hydrogen) atoms. The zero-order valence-electron chi connectivity index (χ0n) is 10.1. The number of rotatable bonds is 3. The second-order valence-corrected chi connectivity index (χ2v) is 4.63. The first-order valence-corrected chi connectivity index (χ1v) is 6.34. The summed E-state index contributed by atoms with van der Waals surface area (Å²) in [5.41, 5.74) is 5.56. The maximum absolute atomic E-state index is 5.72. The number of likely N-dealkylation sites (tertiary alicyclic amines) is 1. The van der Waals surface area contributed by atoms with Crippen molar-refractivity contribution in [3.63, 3.8) is 0 Å². The first-order valence-electron chi connectivity index (χ1n) is 6.34. The molecule has 3 nitrogen and oxygen atoms in total.